The van der Waals surface area contributed by atoms with E-state index >= 15 is 0 Å². The summed E-state index contributed by atoms with van der Waals surface area (Å²) in [5, 5.41) is 0. The molecule has 1 aromatic carbocycles. The van der Waals surface area contributed by atoms with E-state index in [4.69, 9.17) is 0 Å². The largest absolute Gasteiger partial charge is 0.332 e. The van der Waals surface area contributed by atoms with E-state index in [-0.39, 0.29) is 11.2 Å². The molecule has 6 nitrogen and oxygen atoms in total. The van der Waals surface area contributed by atoms with Crippen LogP contribution >= 0.6 is 11.8 Å². The molecule has 0 unspecified atom stereocenters. The van der Waals surface area contributed by atoms with Gasteiger partial charge in [-0.05, 0) is 37.1 Å². The van der Waals surface area contributed by atoms with Crippen LogP contribution in [0.1, 0.15) is 23.1 Å². The van der Waals surface area contributed by atoms with E-state index in [0.29, 0.717) is 17.7 Å². The van der Waals surface area contributed by atoms with Crippen molar-refractivity contribution in [1.29, 1.82) is 0 Å². The van der Waals surface area contributed by atoms with Crippen LogP contribution in [0.2, 0.25) is 0 Å². The minimum atomic E-state index is -0.305. The Balaban J connectivity index is 1.67. The Labute approximate surface area is 156 Å². The molecule has 0 fully saturated rings. The zero-order valence-electron chi connectivity index (χ0n) is 15.7. The minimum Gasteiger partial charge on any atom is -0.328 e. The predicted octanol–water partition coefficient (Wildman–Crippen LogP) is 2.37. The van der Waals surface area contributed by atoms with Gasteiger partial charge in [0.2, 0.25) is 0 Å². The van der Waals surface area contributed by atoms with Gasteiger partial charge >= 0.3 is 5.69 Å². The second-order valence-corrected chi connectivity index (χ2v) is 7.77. The Morgan fingerprint density at radius 1 is 1.15 bits per heavy atom. The molecule has 0 atom stereocenters. The summed E-state index contributed by atoms with van der Waals surface area (Å²) in [4.78, 5) is 29.2. The molecule has 0 saturated carbocycles. The van der Waals surface area contributed by atoms with E-state index in [0.717, 1.165) is 17.9 Å². The van der Waals surface area contributed by atoms with E-state index < -0.39 is 0 Å². The Bertz CT molecular complexity index is 1060. The van der Waals surface area contributed by atoms with Crippen LogP contribution in [0, 0.1) is 13.8 Å². The molecule has 0 radical (unpaired) electrons. The van der Waals surface area contributed by atoms with Crippen molar-refractivity contribution in [2.45, 2.75) is 32.6 Å². The number of imidazole rings is 1. The number of aromatic nitrogens is 4. The van der Waals surface area contributed by atoms with Gasteiger partial charge in [0.1, 0.15) is 0 Å². The number of benzene rings is 1. The predicted molar refractivity (Wildman–Crippen MR) is 107 cm³/mol. The molecule has 0 amide bonds. The maximum atomic E-state index is 12.6. The van der Waals surface area contributed by atoms with Gasteiger partial charge in [-0.2, -0.15) is 11.8 Å². The van der Waals surface area contributed by atoms with Crippen LogP contribution in [0.25, 0.3) is 11.2 Å². The Hall–Kier alpha value is -2.28. The van der Waals surface area contributed by atoms with Crippen molar-refractivity contribution in [1.82, 2.24) is 18.7 Å². The molecular formula is C19H24N4O2S. The van der Waals surface area contributed by atoms with Crippen molar-refractivity contribution in [3.8, 4) is 0 Å². The highest BCUT2D eigenvalue weighted by Gasteiger charge is 2.14. The first kappa shape index (κ1) is 18.5. The molecule has 0 aliphatic heterocycles. The molecule has 0 bridgehead atoms. The lowest BCUT2D eigenvalue weighted by Gasteiger charge is -2.09. The van der Waals surface area contributed by atoms with Gasteiger partial charge < -0.3 is 4.57 Å². The lowest BCUT2D eigenvalue weighted by Crippen LogP contribution is -2.39. The summed E-state index contributed by atoms with van der Waals surface area (Å²) in [6.07, 6.45) is 2.34. The quantitative estimate of drug-likeness (QED) is 0.623. The molecule has 0 spiro atoms. The third-order valence-corrected chi connectivity index (χ3v) is 5.73. The van der Waals surface area contributed by atoms with Crippen molar-refractivity contribution in [2.75, 3.05) is 5.75 Å². The Morgan fingerprint density at radius 3 is 2.69 bits per heavy atom. The fourth-order valence-corrected chi connectivity index (χ4v) is 4.06. The number of thioether (sulfide) groups is 1. The van der Waals surface area contributed by atoms with Crippen LogP contribution in [0.4, 0.5) is 0 Å². The van der Waals surface area contributed by atoms with Gasteiger partial charge in [-0.1, -0.05) is 23.8 Å². The lowest BCUT2D eigenvalue weighted by molar-refractivity contribution is 0.594. The highest BCUT2D eigenvalue weighted by Crippen LogP contribution is 2.18. The van der Waals surface area contributed by atoms with Crippen LogP contribution in [0.5, 0.6) is 0 Å². The molecule has 3 aromatic rings. The highest BCUT2D eigenvalue weighted by atomic mass is 32.2. The minimum absolute atomic E-state index is 0.261. The van der Waals surface area contributed by atoms with Gasteiger partial charge in [-0.15, -0.1) is 0 Å². The normalized spacial score (nSPS) is 11.4. The van der Waals surface area contributed by atoms with Crippen molar-refractivity contribution < 1.29 is 0 Å². The van der Waals surface area contributed by atoms with Gasteiger partial charge in [-0.25, -0.2) is 9.78 Å². The molecule has 3 rings (SSSR count). The van der Waals surface area contributed by atoms with E-state index in [1.807, 2.05) is 11.8 Å². The standard InChI is InChI=1S/C19H24N4O2S/c1-13-6-7-14(2)15(10-13)11-26-9-5-8-23-18(24)16-17(20-12-21(16)3)22(4)19(23)25/h6-7,10,12H,5,8-9,11H2,1-4H3. The van der Waals surface area contributed by atoms with Gasteiger partial charge in [0.25, 0.3) is 5.56 Å². The first-order chi connectivity index (χ1) is 12.4. The van der Waals surface area contributed by atoms with Crippen LogP contribution < -0.4 is 11.2 Å². The molecule has 7 heteroatoms. The zero-order chi connectivity index (χ0) is 18.8. The smallest absolute Gasteiger partial charge is 0.328 e. The fraction of sp³-hybridized carbons (Fsp3) is 0.421. The molecule has 0 N–H and O–H groups in total. The SMILES string of the molecule is Cc1ccc(C)c(CSCCCn2c(=O)c3c(ncn3C)n(C)c2=O)c1. The third kappa shape index (κ3) is 3.49. The molecule has 138 valence electrons. The number of rotatable bonds is 6. The number of hydrogen-bond acceptors (Lipinski definition) is 4. The van der Waals surface area contributed by atoms with E-state index in [1.54, 1.807) is 25.0 Å². The molecule has 0 aliphatic rings. The summed E-state index contributed by atoms with van der Waals surface area (Å²) in [6.45, 7) is 4.65. The maximum absolute atomic E-state index is 12.6. The van der Waals surface area contributed by atoms with Crippen LogP contribution in [0.3, 0.4) is 0 Å². The van der Waals surface area contributed by atoms with Crippen LogP contribution in [-0.4, -0.2) is 24.4 Å². The Morgan fingerprint density at radius 2 is 1.92 bits per heavy atom. The van der Waals surface area contributed by atoms with Crippen molar-refractivity contribution in [2.24, 2.45) is 14.1 Å². The second-order valence-electron chi connectivity index (χ2n) is 6.66. The van der Waals surface area contributed by atoms with Crippen LogP contribution in [-0.2, 0) is 26.4 Å². The fourth-order valence-electron chi connectivity index (χ4n) is 3.06. The van der Waals surface area contributed by atoms with E-state index in [9.17, 15) is 9.59 Å². The molecule has 0 saturated heterocycles. The average molecular weight is 372 g/mol. The summed E-state index contributed by atoms with van der Waals surface area (Å²) >= 11 is 1.83. The van der Waals surface area contributed by atoms with Gasteiger partial charge in [0, 0.05) is 26.4 Å². The summed E-state index contributed by atoms with van der Waals surface area (Å²) in [6, 6.07) is 6.50. The molecule has 2 aromatic heterocycles. The maximum Gasteiger partial charge on any atom is 0.332 e. The monoisotopic (exact) mass is 372 g/mol. The Kier molecular flexibility index (Phi) is 5.36. The van der Waals surface area contributed by atoms with Crippen molar-refractivity contribution >= 4 is 22.9 Å². The molecule has 0 aliphatic carbocycles. The van der Waals surface area contributed by atoms with Gasteiger partial charge in [-0.3, -0.25) is 13.9 Å². The lowest BCUT2D eigenvalue weighted by atomic mass is 10.1. The zero-order valence-corrected chi connectivity index (χ0v) is 16.5. The number of aryl methyl sites for hydroxylation is 4. The third-order valence-electron chi connectivity index (χ3n) is 4.63. The summed E-state index contributed by atoms with van der Waals surface area (Å²) in [5.74, 6) is 1.84. The van der Waals surface area contributed by atoms with Crippen LogP contribution in [0.15, 0.2) is 34.1 Å². The van der Waals surface area contributed by atoms with E-state index in [2.05, 4.69) is 37.0 Å². The van der Waals surface area contributed by atoms with Gasteiger partial charge in [0.15, 0.2) is 11.2 Å². The second kappa shape index (κ2) is 7.53. The summed E-state index contributed by atoms with van der Waals surface area (Å²) in [7, 11) is 3.43. The molecule has 26 heavy (non-hydrogen) atoms. The van der Waals surface area contributed by atoms with Gasteiger partial charge in [0.05, 0.1) is 6.33 Å². The number of hydrogen-bond donors (Lipinski definition) is 0. The van der Waals surface area contributed by atoms with Crippen molar-refractivity contribution in [3.63, 3.8) is 0 Å². The number of nitrogens with zero attached hydrogens (tertiary/aromatic N) is 4. The van der Waals surface area contributed by atoms with E-state index in [1.165, 1.54) is 25.8 Å². The molecule has 2 heterocycles. The highest BCUT2D eigenvalue weighted by molar-refractivity contribution is 7.98. The summed E-state index contributed by atoms with van der Waals surface area (Å²) < 4.78 is 4.44. The topological polar surface area (TPSA) is 61.8 Å². The summed E-state index contributed by atoms with van der Waals surface area (Å²) in [5.41, 5.74) is 4.25. The first-order valence-corrected chi connectivity index (χ1v) is 9.80. The average Bonchev–Trinajstić information content (AvgIpc) is 3.00. The first-order valence-electron chi connectivity index (χ1n) is 8.65. The number of fused-ring (bicyclic) bond motifs is 1. The molecular weight excluding hydrogens is 348 g/mol. The van der Waals surface area contributed by atoms with Crippen molar-refractivity contribution in [3.05, 3.63) is 62.1 Å².